The first kappa shape index (κ1) is 19.7. The van der Waals surface area contributed by atoms with Crippen molar-refractivity contribution in [3.8, 4) is 5.88 Å². The molecule has 9 nitrogen and oxygen atoms in total. The molecule has 1 aromatic carbocycles. The van der Waals surface area contributed by atoms with Crippen molar-refractivity contribution >= 4 is 12.1 Å². The summed E-state index contributed by atoms with van der Waals surface area (Å²) in [5.41, 5.74) is 1.31. The molecule has 0 saturated heterocycles. The minimum Gasteiger partial charge on any atom is -0.494 e. The Morgan fingerprint density at radius 1 is 1.21 bits per heavy atom. The average Bonchev–Trinajstić information content (AvgIpc) is 2.72. The zero-order valence-electron chi connectivity index (χ0n) is 15.0. The number of halogens is 1. The number of aromatic nitrogens is 3. The fraction of sp³-hybridized carbons (Fsp3) is 0.105. The van der Waals surface area contributed by atoms with Crippen molar-refractivity contribution in [1.82, 2.24) is 20.0 Å². The Morgan fingerprint density at radius 3 is 2.59 bits per heavy atom. The van der Waals surface area contributed by atoms with Crippen molar-refractivity contribution < 1.29 is 14.3 Å². The molecule has 0 unspecified atom stereocenters. The molecular weight excluding hydrogens is 381 g/mol. The molecule has 10 heteroatoms. The van der Waals surface area contributed by atoms with E-state index >= 15 is 0 Å². The Labute approximate surface area is 163 Å². The van der Waals surface area contributed by atoms with Crippen molar-refractivity contribution in [3.05, 3.63) is 92.1 Å². The van der Waals surface area contributed by atoms with E-state index in [0.717, 1.165) is 16.3 Å². The number of carbonyl (C=O) groups excluding carboxylic acids is 1. The number of rotatable bonds is 6. The highest BCUT2D eigenvalue weighted by Gasteiger charge is 2.13. The van der Waals surface area contributed by atoms with Crippen LogP contribution in [-0.2, 0) is 13.0 Å². The predicted octanol–water partition coefficient (Wildman–Crippen LogP) is 0.783. The van der Waals surface area contributed by atoms with Gasteiger partial charge in [0.15, 0.2) is 0 Å². The second kappa shape index (κ2) is 8.74. The summed E-state index contributed by atoms with van der Waals surface area (Å²) in [6, 6.07) is 8.64. The molecule has 29 heavy (non-hydrogen) atoms. The van der Waals surface area contributed by atoms with Gasteiger partial charge in [-0.3, -0.25) is 24.1 Å². The largest absolute Gasteiger partial charge is 0.494 e. The van der Waals surface area contributed by atoms with E-state index in [1.54, 1.807) is 12.1 Å². The summed E-state index contributed by atoms with van der Waals surface area (Å²) in [7, 11) is 0. The number of nitrogens with one attached hydrogen (secondary N) is 2. The number of aromatic hydroxyl groups is 1. The molecule has 0 bridgehead atoms. The Hall–Kier alpha value is -4.08. The SMILES string of the molecule is O=C(NN=Cc1c(O)n(CCc2ccc(F)cc2)c(=O)[nH]c1=O)c1ccncc1. The molecule has 0 saturated carbocycles. The second-order valence-corrected chi connectivity index (χ2v) is 5.96. The zero-order valence-corrected chi connectivity index (χ0v) is 15.0. The lowest BCUT2D eigenvalue weighted by Crippen LogP contribution is -2.33. The van der Waals surface area contributed by atoms with Crippen LogP contribution in [0.4, 0.5) is 4.39 Å². The molecule has 0 atom stereocenters. The van der Waals surface area contributed by atoms with Crippen molar-refractivity contribution in [3.63, 3.8) is 0 Å². The molecule has 148 valence electrons. The van der Waals surface area contributed by atoms with Crippen LogP contribution in [0.3, 0.4) is 0 Å². The summed E-state index contributed by atoms with van der Waals surface area (Å²) >= 11 is 0. The monoisotopic (exact) mass is 397 g/mol. The van der Waals surface area contributed by atoms with Crippen LogP contribution < -0.4 is 16.7 Å². The minimum atomic E-state index is -0.854. The fourth-order valence-corrected chi connectivity index (χ4v) is 2.51. The summed E-state index contributed by atoms with van der Waals surface area (Å²) in [5.74, 6) is -1.52. The van der Waals surface area contributed by atoms with E-state index in [9.17, 15) is 23.9 Å². The molecule has 3 N–H and O–H groups in total. The van der Waals surface area contributed by atoms with Gasteiger partial charge in [-0.1, -0.05) is 12.1 Å². The average molecular weight is 397 g/mol. The number of amides is 1. The van der Waals surface area contributed by atoms with Gasteiger partial charge in [0.05, 0.1) is 6.21 Å². The van der Waals surface area contributed by atoms with E-state index in [4.69, 9.17) is 0 Å². The van der Waals surface area contributed by atoms with Gasteiger partial charge in [0, 0.05) is 24.5 Å². The Morgan fingerprint density at radius 2 is 1.90 bits per heavy atom. The van der Waals surface area contributed by atoms with Crippen LogP contribution in [0.2, 0.25) is 0 Å². The van der Waals surface area contributed by atoms with E-state index in [1.165, 1.54) is 36.7 Å². The lowest BCUT2D eigenvalue weighted by molar-refractivity contribution is 0.0955. The molecule has 2 heterocycles. The third kappa shape index (κ3) is 4.80. The number of hydrogen-bond acceptors (Lipinski definition) is 6. The van der Waals surface area contributed by atoms with Gasteiger partial charge >= 0.3 is 5.69 Å². The Kier molecular flexibility index (Phi) is 5.93. The maximum atomic E-state index is 13.0. The van der Waals surface area contributed by atoms with E-state index < -0.39 is 23.0 Å². The zero-order chi connectivity index (χ0) is 20.8. The summed E-state index contributed by atoms with van der Waals surface area (Å²) in [5, 5.41) is 14.0. The number of carbonyl (C=O) groups is 1. The van der Waals surface area contributed by atoms with E-state index in [0.29, 0.717) is 12.0 Å². The molecule has 3 rings (SSSR count). The quantitative estimate of drug-likeness (QED) is 0.418. The predicted molar refractivity (Wildman–Crippen MR) is 102 cm³/mol. The first-order valence-corrected chi connectivity index (χ1v) is 8.49. The maximum Gasteiger partial charge on any atom is 0.331 e. The summed E-state index contributed by atoms with van der Waals surface area (Å²) in [6.07, 6.45) is 4.13. The van der Waals surface area contributed by atoms with Crippen LogP contribution in [0.15, 0.2) is 63.5 Å². The van der Waals surface area contributed by atoms with Gasteiger partial charge in [-0.05, 0) is 36.2 Å². The number of aryl methyl sites for hydroxylation is 1. The second-order valence-electron chi connectivity index (χ2n) is 5.96. The van der Waals surface area contributed by atoms with E-state index in [1.807, 2.05) is 0 Å². The molecule has 1 amide bonds. The van der Waals surface area contributed by atoms with Crippen molar-refractivity contribution in [2.45, 2.75) is 13.0 Å². The summed E-state index contributed by atoms with van der Waals surface area (Å²) in [6.45, 7) is 0.0390. The maximum absolute atomic E-state index is 13.0. The highest BCUT2D eigenvalue weighted by molar-refractivity contribution is 5.94. The van der Waals surface area contributed by atoms with Crippen LogP contribution in [0, 0.1) is 5.82 Å². The summed E-state index contributed by atoms with van der Waals surface area (Å²) < 4.78 is 13.9. The standard InChI is InChI=1S/C19H16FN5O4/c20-14-3-1-12(2-4-14)7-10-25-18(28)15(17(27)23-19(25)29)11-22-24-16(26)13-5-8-21-9-6-13/h1-6,8-9,11,28H,7,10H2,(H,24,26)(H,23,27,29). The lowest BCUT2D eigenvalue weighted by Gasteiger charge is -2.09. The first-order chi connectivity index (χ1) is 14.0. The third-order valence-corrected chi connectivity index (χ3v) is 4.05. The fourth-order valence-electron chi connectivity index (χ4n) is 2.51. The van der Waals surface area contributed by atoms with Gasteiger partial charge in [-0.15, -0.1) is 0 Å². The van der Waals surface area contributed by atoms with Crippen LogP contribution in [0.5, 0.6) is 5.88 Å². The van der Waals surface area contributed by atoms with Gasteiger partial charge in [0.1, 0.15) is 11.4 Å². The third-order valence-electron chi connectivity index (χ3n) is 4.05. The molecule has 0 fully saturated rings. The molecular formula is C19H16FN5O4. The molecule has 3 aromatic rings. The van der Waals surface area contributed by atoms with Gasteiger partial charge < -0.3 is 5.11 Å². The highest BCUT2D eigenvalue weighted by Crippen LogP contribution is 2.10. The van der Waals surface area contributed by atoms with Crippen molar-refractivity contribution in [2.24, 2.45) is 5.10 Å². The van der Waals surface area contributed by atoms with Crippen molar-refractivity contribution in [1.29, 1.82) is 0 Å². The van der Waals surface area contributed by atoms with Gasteiger partial charge in [0.2, 0.25) is 5.88 Å². The molecule has 0 spiro atoms. The number of nitrogens with zero attached hydrogens (tertiary/aromatic N) is 3. The first-order valence-electron chi connectivity index (χ1n) is 8.49. The molecule has 0 aliphatic heterocycles. The van der Waals surface area contributed by atoms with Crippen LogP contribution in [0.1, 0.15) is 21.5 Å². The van der Waals surface area contributed by atoms with Crippen LogP contribution in [-0.4, -0.2) is 31.8 Å². The number of pyridine rings is 1. The van der Waals surface area contributed by atoms with Crippen molar-refractivity contribution in [2.75, 3.05) is 0 Å². The number of H-pyrrole nitrogens is 1. The topological polar surface area (TPSA) is 129 Å². The van der Waals surface area contributed by atoms with Gasteiger partial charge in [0.25, 0.3) is 11.5 Å². The molecule has 2 aromatic heterocycles. The lowest BCUT2D eigenvalue weighted by atomic mass is 10.1. The summed E-state index contributed by atoms with van der Waals surface area (Å²) in [4.78, 5) is 41.8. The van der Waals surface area contributed by atoms with E-state index in [-0.39, 0.29) is 17.9 Å². The minimum absolute atomic E-state index is 0.0390. The van der Waals surface area contributed by atoms with Crippen LogP contribution >= 0.6 is 0 Å². The number of hydrogen-bond donors (Lipinski definition) is 3. The van der Waals surface area contributed by atoms with E-state index in [2.05, 4.69) is 20.5 Å². The Bertz CT molecular complexity index is 1150. The molecule has 0 radical (unpaired) electrons. The smallest absolute Gasteiger partial charge is 0.331 e. The number of hydrazone groups is 1. The molecule has 0 aliphatic carbocycles. The van der Waals surface area contributed by atoms with Gasteiger partial charge in [-0.25, -0.2) is 14.6 Å². The molecule has 0 aliphatic rings. The van der Waals surface area contributed by atoms with Crippen LogP contribution in [0.25, 0.3) is 0 Å². The number of aromatic amines is 1. The van der Waals surface area contributed by atoms with Gasteiger partial charge in [-0.2, -0.15) is 5.10 Å². The number of benzene rings is 1. The highest BCUT2D eigenvalue weighted by atomic mass is 19.1. The Balaban J connectivity index is 1.77. The normalized spacial score (nSPS) is 10.9.